The number of fused-ring (bicyclic) bond motifs is 1. The second-order valence-electron chi connectivity index (χ2n) is 5.94. The Bertz CT molecular complexity index is 1080. The lowest BCUT2D eigenvalue weighted by Crippen LogP contribution is -2.44. The predicted octanol–water partition coefficient (Wildman–Crippen LogP) is 0.842. The van der Waals surface area contributed by atoms with Gasteiger partial charge in [-0.2, -0.15) is 5.10 Å². The Labute approximate surface area is 158 Å². The van der Waals surface area contributed by atoms with E-state index in [0.29, 0.717) is 22.2 Å². The summed E-state index contributed by atoms with van der Waals surface area (Å²) in [7, 11) is 1.50. The number of hydrogen-bond donors (Lipinski definition) is 2. The lowest BCUT2D eigenvalue weighted by atomic mass is 10.1. The average molecular weight is 384 g/mol. The fraction of sp³-hybridized carbons (Fsp3) is 0.158. The number of hydrazine groups is 1. The third kappa shape index (κ3) is 4.50. The molecule has 0 saturated carbocycles. The third-order valence-electron chi connectivity index (χ3n) is 3.89. The lowest BCUT2D eigenvalue weighted by Gasteiger charge is -2.10. The Kier molecular flexibility index (Phi) is 5.64. The van der Waals surface area contributed by atoms with Gasteiger partial charge >= 0.3 is 0 Å². The quantitative estimate of drug-likeness (QED) is 0.635. The topological polar surface area (TPSA) is 102 Å². The summed E-state index contributed by atoms with van der Waals surface area (Å²) < 4.78 is 19.2. The number of halogens is 1. The van der Waals surface area contributed by atoms with Gasteiger partial charge in [-0.25, -0.2) is 9.07 Å². The smallest absolute Gasteiger partial charge is 0.276 e. The maximum atomic E-state index is 12.8. The molecule has 0 atom stereocenters. The van der Waals surface area contributed by atoms with Crippen LogP contribution in [0.4, 0.5) is 4.39 Å². The van der Waals surface area contributed by atoms with Gasteiger partial charge in [-0.3, -0.25) is 25.2 Å². The van der Waals surface area contributed by atoms with Crippen molar-refractivity contribution in [3.05, 3.63) is 70.4 Å². The Morgan fingerprint density at radius 1 is 1.04 bits per heavy atom. The summed E-state index contributed by atoms with van der Waals surface area (Å²) in [6, 6.07) is 12.0. The van der Waals surface area contributed by atoms with Crippen molar-refractivity contribution in [1.82, 2.24) is 20.6 Å². The van der Waals surface area contributed by atoms with Crippen LogP contribution in [0.1, 0.15) is 5.69 Å². The first-order valence-electron chi connectivity index (χ1n) is 8.35. The summed E-state index contributed by atoms with van der Waals surface area (Å²) in [5.74, 6) is -1.19. The molecule has 3 aromatic rings. The SMILES string of the molecule is Cn1nc(CC(=O)NNC(=O)COc2ccc(F)cc2)c2ccccc2c1=O. The minimum absolute atomic E-state index is 0.131. The van der Waals surface area contributed by atoms with Gasteiger partial charge < -0.3 is 4.74 Å². The van der Waals surface area contributed by atoms with Gasteiger partial charge in [0.25, 0.3) is 11.5 Å². The van der Waals surface area contributed by atoms with Crippen molar-refractivity contribution in [2.75, 3.05) is 6.61 Å². The fourth-order valence-electron chi connectivity index (χ4n) is 2.56. The summed E-state index contributed by atoms with van der Waals surface area (Å²) in [6.07, 6.45) is -0.131. The highest BCUT2D eigenvalue weighted by Crippen LogP contribution is 2.13. The van der Waals surface area contributed by atoms with Crippen LogP contribution in [0.5, 0.6) is 5.75 Å². The summed E-state index contributed by atoms with van der Waals surface area (Å²) in [4.78, 5) is 36.0. The number of benzene rings is 2. The van der Waals surface area contributed by atoms with E-state index in [0.717, 1.165) is 0 Å². The van der Waals surface area contributed by atoms with Crippen LogP contribution >= 0.6 is 0 Å². The molecule has 0 fully saturated rings. The monoisotopic (exact) mass is 384 g/mol. The van der Waals surface area contributed by atoms with E-state index in [9.17, 15) is 18.8 Å². The Balaban J connectivity index is 1.56. The molecule has 1 aromatic heterocycles. The number of amides is 2. The van der Waals surface area contributed by atoms with E-state index in [1.807, 2.05) is 0 Å². The van der Waals surface area contributed by atoms with Crippen LogP contribution in [0.15, 0.2) is 53.3 Å². The Morgan fingerprint density at radius 2 is 1.68 bits per heavy atom. The van der Waals surface area contributed by atoms with Gasteiger partial charge in [0.15, 0.2) is 6.61 Å². The normalized spacial score (nSPS) is 10.5. The molecule has 2 amide bonds. The number of rotatable bonds is 5. The van der Waals surface area contributed by atoms with Crippen LogP contribution in [-0.4, -0.2) is 28.2 Å². The first kappa shape index (κ1) is 19.0. The number of carbonyl (C=O) groups is 2. The lowest BCUT2D eigenvalue weighted by molar-refractivity contribution is -0.129. The average Bonchev–Trinajstić information content (AvgIpc) is 2.70. The zero-order valence-electron chi connectivity index (χ0n) is 14.9. The van der Waals surface area contributed by atoms with Crippen LogP contribution in [0, 0.1) is 5.82 Å². The molecule has 0 aliphatic carbocycles. The molecule has 8 nitrogen and oxygen atoms in total. The number of aromatic nitrogens is 2. The number of carbonyl (C=O) groups excluding carboxylic acids is 2. The molecule has 0 radical (unpaired) electrons. The minimum atomic E-state index is -0.587. The van der Waals surface area contributed by atoms with Crippen molar-refractivity contribution in [2.45, 2.75) is 6.42 Å². The molecule has 0 aliphatic heterocycles. The standard InChI is InChI=1S/C19H17FN4O4/c1-24-19(27)15-5-3-2-4-14(15)16(23-24)10-17(25)21-22-18(26)11-28-13-8-6-12(20)7-9-13/h2-9H,10-11H2,1H3,(H,21,25)(H,22,26). The Hall–Kier alpha value is -3.75. The second-order valence-corrected chi connectivity index (χ2v) is 5.94. The van der Waals surface area contributed by atoms with Gasteiger partial charge in [-0.05, 0) is 30.3 Å². The van der Waals surface area contributed by atoms with Gasteiger partial charge in [-0.1, -0.05) is 18.2 Å². The van der Waals surface area contributed by atoms with Crippen LogP contribution < -0.4 is 21.1 Å². The molecule has 144 valence electrons. The minimum Gasteiger partial charge on any atom is -0.484 e. The van der Waals surface area contributed by atoms with Gasteiger partial charge in [-0.15, -0.1) is 0 Å². The van der Waals surface area contributed by atoms with E-state index in [-0.39, 0.29) is 18.6 Å². The fourth-order valence-corrected chi connectivity index (χ4v) is 2.56. The number of aryl methyl sites for hydroxylation is 1. The number of nitrogens with one attached hydrogen (secondary N) is 2. The van der Waals surface area contributed by atoms with Gasteiger partial charge in [0, 0.05) is 12.4 Å². The highest BCUT2D eigenvalue weighted by atomic mass is 19.1. The van der Waals surface area contributed by atoms with Gasteiger partial charge in [0.2, 0.25) is 5.91 Å². The zero-order valence-corrected chi connectivity index (χ0v) is 14.9. The second kappa shape index (κ2) is 8.30. The largest absolute Gasteiger partial charge is 0.484 e. The number of hydrogen-bond acceptors (Lipinski definition) is 5. The molecule has 28 heavy (non-hydrogen) atoms. The van der Waals surface area contributed by atoms with Crippen LogP contribution in [0.2, 0.25) is 0 Å². The van der Waals surface area contributed by atoms with Crippen molar-refractivity contribution >= 4 is 22.6 Å². The number of nitrogens with zero attached hydrogens (tertiary/aromatic N) is 2. The molecule has 0 bridgehead atoms. The van der Waals surface area contributed by atoms with Crippen molar-refractivity contribution in [3.8, 4) is 5.75 Å². The molecule has 2 N–H and O–H groups in total. The molecule has 0 aliphatic rings. The van der Waals surface area contributed by atoms with Crippen LogP contribution in [0.3, 0.4) is 0 Å². The summed E-state index contributed by atoms with van der Waals surface area (Å²) in [5, 5.41) is 5.16. The van der Waals surface area contributed by atoms with Gasteiger partial charge in [0.1, 0.15) is 11.6 Å². The van der Waals surface area contributed by atoms with Crippen molar-refractivity contribution in [2.24, 2.45) is 7.05 Å². The van der Waals surface area contributed by atoms with Gasteiger partial charge in [0.05, 0.1) is 17.5 Å². The molecule has 2 aromatic carbocycles. The zero-order chi connectivity index (χ0) is 20.1. The van der Waals surface area contributed by atoms with Crippen LogP contribution in [-0.2, 0) is 23.1 Å². The van der Waals surface area contributed by atoms with E-state index >= 15 is 0 Å². The van der Waals surface area contributed by atoms with E-state index < -0.39 is 17.6 Å². The summed E-state index contributed by atoms with van der Waals surface area (Å²) in [6.45, 7) is -0.354. The van der Waals surface area contributed by atoms with E-state index in [2.05, 4.69) is 16.0 Å². The maximum Gasteiger partial charge on any atom is 0.276 e. The first-order valence-corrected chi connectivity index (χ1v) is 8.35. The molecular weight excluding hydrogens is 367 g/mol. The van der Waals surface area contributed by atoms with Crippen molar-refractivity contribution in [3.63, 3.8) is 0 Å². The molecule has 3 rings (SSSR count). The van der Waals surface area contributed by atoms with Crippen molar-refractivity contribution in [1.29, 1.82) is 0 Å². The molecule has 9 heteroatoms. The maximum absolute atomic E-state index is 12.8. The van der Waals surface area contributed by atoms with E-state index in [1.54, 1.807) is 24.3 Å². The highest BCUT2D eigenvalue weighted by Gasteiger charge is 2.13. The van der Waals surface area contributed by atoms with Crippen molar-refractivity contribution < 1.29 is 18.7 Å². The van der Waals surface area contributed by atoms with E-state index in [1.165, 1.54) is 36.0 Å². The third-order valence-corrected chi connectivity index (χ3v) is 3.89. The molecule has 1 heterocycles. The predicted molar refractivity (Wildman–Crippen MR) is 98.9 cm³/mol. The van der Waals surface area contributed by atoms with Crippen LogP contribution in [0.25, 0.3) is 10.8 Å². The number of ether oxygens (including phenoxy) is 1. The Morgan fingerprint density at radius 3 is 2.39 bits per heavy atom. The van der Waals surface area contributed by atoms with E-state index in [4.69, 9.17) is 4.74 Å². The molecule has 0 unspecified atom stereocenters. The first-order chi connectivity index (χ1) is 13.4. The molecule has 0 spiro atoms. The summed E-state index contributed by atoms with van der Waals surface area (Å²) >= 11 is 0. The molecule has 0 saturated heterocycles. The highest BCUT2D eigenvalue weighted by molar-refractivity contribution is 5.89. The summed E-state index contributed by atoms with van der Waals surface area (Å²) in [5.41, 5.74) is 4.64. The molecular formula is C19H17FN4O4.